The molecule has 0 radical (unpaired) electrons. The summed E-state index contributed by atoms with van der Waals surface area (Å²) in [5.74, 6) is -0.151. The first kappa shape index (κ1) is 19.9. The lowest BCUT2D eigenvalue weighted by Gasteiger charge is -2.38. The summed E-state index contributed by atoms with van der Waals surface area (Å²) in [6.45, 7) is 3.85. The topological polar surface area (TPSA) is 110 Å². The van der Waals surface area contributed by atoms with Crippen molar-refractivity contribution in [1.82, 2.24) is 25.2 Å². The van der Waals surface area contributed by atoms with Gasteiger partial charge < -0.3 is 15.6 Å². The van der Waals surface area contributed by atoms with Gasteiger partial charge in [-0.25, -0.2) is 9.97 Å². The Morgan fingerprint density at radius 3 is 3.03 bits per heavy atom. The van der Waals surface area contributed by atoms with Crippen LogP contribution in [-0.2, 0) is 6.54 Å². The third kappa shape index (κ3) is 3.98. The Hall–Kier alpha value is -3.44. The summed E-state index contributed by atoms with van der Waals surface area (Å²) in [4.78, 5) is 26.6. The van der Waals surface area contributed by atoms with Gasteiger partial charge in [0.1, 0.15) is 17.4 Å². The van der Waals surface area contributed by atoms with Gasteiger partial charge in [-0.2, -0.15) is 5.26 Å². The molecule has 3 aromatic heterocycles. The highest BCUT2D eigenvalue weighted by molar-refractivity contribution is 6.06. The molecule has 1 saturated heterocycles. The number of hydrogen-bond donors (Lipinski definition) is 3. The molecular weight excluding hydrogens is 378 g/mol. The van der Waals surface area contributed by atoms with Crippen LogP contribution in [0.2, 0.25) is 0 Å². The number of aromatic amines is 1. The summed E-state index contributed by atoms with van der Waals surface area (Å²) in [7, 11) is 1.63. The average molecular weight is 403 g/mol. The number of nitrogens with one attached hydrogen (secondary N) is 3. The van der Waals surface area contributed by atoms with E-state index in [2.05, 4.69) is 43.5 Å². The predicted molar refractivity (Wildman–Crippen MR) is 115 cm³/mol. The minimum absolute atomic E-state index is 0.151. The van der Waals surface area contributed by atoms with Gasteiger partial charge in [0.05, 0.1) is 16.9 Å². The van der Waals surface area contributed by atoms with Crippen molar-refractivity contribution in [3.63, 3.8) is 0 Å². The summed E-state index contributed by atoms with van der Waals surface area (Å²) < 4.78 is 0. The van der Waals surface area contributed by atoms with Crippen molar-refractivity contribution in [2.75, 3.05) is 18.9 Å². The molecule has 1 aliphatic heterocycles. The summed E-state index contributed by atoms with van der Waals surface area (Å²) in [6.07, 6.45) is 5.35. The molecule has 1 amide bonds. The van der Waals surface area contributed by atoms with Crippen molar-refractivity contribution in [3.8, 4) is 6.07 Å². The summed E-state index contributed by atoms with van der Waals surface area (Å²) in [6, 6.07) is 10.2. The Morgan fingerprint density at radius 1 is 1.40 bits per heavy atom. The van der Waals surface area contributed by atoms with Crippen LogP contribution in [0.25, 0.3) is 11.0 Å². The lowest BCUT2D eigenvalue weighted by Crippen LogP contribution is -2.44. The van der Waals surface area contributed by atoms with Crippen LogP contribution in [0.4, 0.5) is 5.69 Å². The average Bonchev–Trinajstić information content (AvgIpc) is 3.25. The fourth-order valence-electron chi connectivity index (χ4n) is 4.10. The van der Waals surface area contributed by atoms with E-state index in [0.717, 1.165) is 48.3 Å². The maximum Gasteiger partial charge on any atom is 0.254 e. The number of piperidine rings is 1. The number of likely N-dealkylation sites (tertiary alicyclic amines) is 1. The van der Waals surface area contributed by atoms with Crippen LogP contribution in [0, 0.1) is 11.3 Å². The highest BCUT2D eigenvalue weighted by atomic mass is 16.1. The minimum Gasteiger partial charge on any atom is -0.381 e. The van der Waals surface area contributed by atoms with Gasteiger partial charge in [-0.1, -0.05) is 6.07 Å². The van der Waals surface area contributed by atoms with Gasteiger partial charge in [0, 0.05) is 50.0 Å². The minimum atomic E-state index is -0.151. The van der Waals surface area contributed by atoms with Crippen LogP contribution < -0.4 is 10.6 Å². The molecule has 3 aromatic rings. The van der Waals surface area contributed by atoms with Gasteiger partial charge in [-0.15, -0.1) is 0 Å². The van der Waals surface area contributed by atoms with Crippen LogP contribution >= 0.6 is 0 Å². The second-order valence-corrected chi connectivity index (χ2v) is 7.68. The van der Waals surface area contributed by atoms with Gasteiger partial charge >= 0.3 is 0 Å². The van der Waals surface area contributed by atoms with Gasteiger partial charge in [0.2, 0.25) is 0 Å². The third-order valence-corrected chi connectivity index (χ3v) is 5.71. The summed E-state index contributed by atoms with van der Waals surface area (Å²) >= 11 is 0. The number of rotatable bonds is 5. The Morgan fingerprint density at radius 2 is 2.27 bits per heavy atom. The molecule has 4 rings (SSSR count). The standard InChI is InChI=1S/C22H25N7O/c1-14-10-15(7-9-29(14)13-17-5-3-4-16(11-23)27-17)28-20-18-6-8-25-21(18)26-12-19(20)22(30)24-2/h3-6,8,12,14-15H,7,9-10,13H2,1-2H3,(H,24,30)(H2,25,26,28)/t14-,15-/m1/s1. The first-order valence-corrected chi connectivity index (χ1v) is 10.1. The molecule has 1 aliphatic rings. The zero-order valence-electron chi connectivity index (χ0n) is 17.1. The zero-order chi connectivity index (χ0) is 21.1. The predicted octanol–water partition coefficient (Wildman–Crippen LogP) is 2.65. The fraction of sp³-hybridized carbons (Fsp3) is 0.364. The number of anilines is 1. The Labute approximate surface area is 175 Å². The van der Waals surface area contributed by atoms with Crippen molar-refractivity contribution >= 4 is 22.6 Å². The van der Waals surface area contributed by atoms with Gasteiger partial charge in [0.25, 0.3) is 5.91 Å². The van der Waals surface area contributed by atoms with Crippen molar-refractivity contribution in [3.05, 3.63) is 53.6 Å². The Bertz CT molecular complexity index is 1100. The highest BCUT2D eigenvalue weighted by Gasteiger charge is 2.27. The molecule has 2 atom stereocenters. The van der Waals surface area contributed by atoms with Crippen molar-refractivity contribution in [2.24, 2.45) is 0 Å². The number of pyridine rings is 2. The first-order chi connectivity index (χ1) is 14.6. The molecule has 3 N–H and O–H groups in total. The number of carbonyl (C=O) groups is 1. The molecule has 8 nitrogen and oxygen atoms in total. The van der Waals surface area contributed by atoms with E-state index >= 15 is 0 Å². The highest BCUT2D eigenvalue weighted by Crippen LogP contribution is 2.29. The van der Waals surface area contributed by atoms with E-state index in [9.17, 15) is 4.79 Å². The van der Waals surface area contributed by atoms with Crippen molar-refractivity contribution in [1.29, 1.82) is 5.26 Å². The van der Waals surface area contributed by atoms with Crippen LogP contribution in [-0.4, -0.2) is 51.4 Å². The lowest BCUT2D eigenvalue weighted by atomic mass is 9.97. The van der Waals surface area contributed by atoms with E-state index < -0.39 is 0 Å². The number of nitriles is 1. The van der Waals surface area contributed by atoms with E-state index in [1.54, 1.807) is 19.3 Å². The smallest absolute Gasteiger partial charge is 0.254 e. The molecule has 4 heterocycles. The normalized spacial score (nSPS) is 19.4. The van der Waals surface area contributed by atoms with Crippen molar-refractivity contribution < 1.29 is 4.79 Å². The fourth-order valence-corrected chi connectivity index (χ4v) is 4.10. The zero-order valence-corrected chi connectivity index (χ0v) is 17.1. The molecule has 0 unspecified atom stereocenters. The number of nitrogens with zero attached hydrogens (tertiary/aromatic N) is 4. The molecule has 0 spiro atoms. The van der Waals surface area contributed by atoms with E-state index in [1.807, 2.05) is 24.4 Å². The quantitative estimate of drug-likeness (QED) is 0.604. The number of hydrogen-bond acceptors (Lipinski definition) is 6. The third-order valence-electron chi connectivity index (χ3n) is 5.71. The molecule has 0 aliphatic carbocycles. The molecule has 8 heteroatoms. The van der Waals surface area contributed by atoms with E-state index in [0.29, 0.717) is 17.3 Å². The van der Waals surface area contributed by atoms with Crippen LogP contribution in [0.3, 0.4) is 0 Å². The monoisotopic (exact) mass is 403 g/mol. The largest absolute Gasteiger partial charge is 0.381 e. The van der Waals surface area contributed by atoms with Gasteiger partial charge in [0.15, 0.2) is 0 Å². The molecule has 0 bridgehead atoms. The molecule has 0 saturated carbocycles. The van der Waals surface area contributed by atoms with Crippen molar-refractivity contribution in [2.45, 2.75) is 38.4 Å². The molecule has 30 heavy (non-hydrogen) atoms. The second kappa shape index (κ2) is 8.51. The van der Waals surface area contributed by atoms with Crippen LogP contribution in [0.5, 0.6) is 0 Å². The second-order valence-electron chi connectivity index (χ2n) is 7.68. The number of amides is 1. The van der Waals surface area contributed by atoms with Crippen LogP contribution in [0.15, 0.2) is 36.7 Å². The Balaban J connectivity index is 1.48. The number of fused-ring (bicyclic) bond motifs is 1. The van der Waals surface area contributed by atoms with E-state index in [1.165, 1.54) is 0 Å². The van der Waals surface area contributed by atoms with Crippen LogP contribution in [0.1, 0.15) is 41.5 Å². The summed E-state index contributed by atoms with van der Waals surface area (Å²) in [5, 5.41) is 16.3. The first-order valence-electron chi connectivity index (χ1n) is 10.1. The number of carbonyl (C=O) groups excluding carboxylic acids is 1. The maximum atomic E-state index is 12.4. The molecular formula is C22H25N7O. The maximum absolute atomic E-state index is 12.4. The summed E-state index contributed by atoms with van der Waals surface area (Å²) in [5.41, 5.74) is 3.51. The van der Waals surface area contributed by atoms with E-state index in [4.69, 9.17) is 5.26 Å². The Kier molecular flexibility index (Phi) is 5.63. The lowest BCUT2D eigenvalue weighted by molar-refractivity contribution is 0.0963. The van der Waals surface area contributed by atoms with E-state index in [-0.39, 0.29) is 11.9 Å². The van der Waals surface area contributed by atoms with Gasteiger partial charge in [-0.3, -0.25) is 9.69 Å². The molecule has 0 aromatic carbocycles. The SMILES string of the molecule is CNC(=O)c1cnc2[nH]ccc2c1N[C@@H]1CCN(Cc2cccc(C#N)n2)[C@H](C)C1. The van der Waals surface area contributed by atoms with Gasteiger partial charge in [-0.05, 0) is 38.0 Å². The number of aromatic nitrogens is 3. The molecule has 154 valence electrons. The number of H-pyrrole nitrogens is 1. The molecule has 1 fully saturated rings.